The van der Waals surface area contributed by atoms with Gasteiger partial charge in [0.1, 0.15) is 6.17 Å². The fourth-order valence-electron chi connectivity index (χ4n) is 7.27. The van der Waals surface area contributed by atoms with Crippen molar-refractivity contribution in [1.82, 2.24) is 4.90 Å². The van der Waals surface area contributed by atoms with Crippen LogP contribution in [0.4, 0.5) is 4.39 Å². The SMILES string of the molecule is C=C1/C(=C\C=C2/CCCC3(C)C2CCC3[C@@H](C)CN2CCC(F)CC2)CCCC1O. The zero-order valence-electron chi connectivity index (χ0n) is 19.2. The molecule has 0 aromatic rings. The molecule has 4 unspecified atom stereocenters. The largest absolute Gasteiger partial charge is 0.388 e. The van der Waals surface area contributed by atoms with Crippen LogP contribution in [0.25, 0.3) is 0 Å². The van der Waals surface area contributed by atoms with E-state index in [1.807, 2.05) is 0 Å². The molecule has 4 rings (SSSR count). The first-order valence-electron chi connectivity index (χ1n) is 12.5. The molecule has 2 nitrogen and oxygen atoms in total. The molecule has 5 atom stereocenters. The molecule has 0 amide bonds. The van der Waals surface area contributed by atoms with Gasteiger partial charge in [-0.25, -0.2) is 4.39 Å². The molecule has 3 aliphatic carbocycles. The zero-order chi connectivity index (χ0) is 21.3. The van der Waals surface area contributed by atoms with E-state index in [1.54, 1.807) is 5.57 Å². The van der Waals surface area contributed by atoms with E-state index in [0.717, 1.165) is 63.2 Å². The van der Waals surface area contributed by atoms with Gasteiger partial charge < -0.3 is 10.0 Å². The lowest BCUT2D eigenvalue weighted by Crippen LogP contribution is -2.42. The summed E-state index contributed by atoms with van der Waals surface area (Å²) in [7, 11) is 0. The van der Waals surface area contributed by atoms with Crippen LogP contribution in [0.1, 0.15) is 78.1 Å². The number of allylic oxidation sites excluding steroid dienone is 3. The average Bonchev–Trinajstić information content (AvgIpc) is 3.08. The molecule has 0 aromatic heterocycles. The fraction of sp³-hybridized carbons (Fsp3) is 0.778. The highest BCUT2D eigenvalue weighted by molar-refractivity contribution is 5.37. The first-order chi connectivity index (χ1) is 14.4. The van der Waals surface area contributed by atoms with Gasteiger partial charge in [-0.05, 0) is 98.5 Å². The predicted molar refractivity (Wildman–Crippen MR) is 123 cm³/mol. The summed E-state index contributed by atoms with van der Waals surface area (Å²) < 4.78 is 13.5. The summed E-state index contributed by atoms with van der Waals surface area (Å²) in [6.45, 7) is 12.2. The molecule has 1 saturated heterocycles. The van der Waals surface area contributed by atoms with E-state index in [0.29, 0.717) is 17.3 Å². The van der Waals surface area contributed by atoms with Gasteiger partial charge in [0.2, 0.25) is 0 Å². The number of aliphatic hydroxyl groups excluding tert-OH is 1. The van der Waals surface area contributed by atoms with Crippen LogP contribution in [0.5, 0.6) is 0 Å². The summed E-state index contributed by atoms with van der Waals surface area (Å²) >= 11 is 0. The smallest absolute Gasteiger partial charge is 0.103 e. The normalized spacial score (nSPS) is 40.1. The molecule has 30 heavy (non-hydrogen) atoms. The Labute approximate surface area is 183 Å². The fourth-order valence-corrected chi connectivity index (χ4v) is 7.27. The van der Waals surface area contributed by atoms with Crippen LogP contribution in [0.2, 0.25) is 0 Å². The summed E-state index contributed by atoms with van der Waals surface area (Å²) in [6, 6.07) is 0. The van der Waals surface area contributed by atoms with Gasteiger partial charge in [0.25, 0.3) is 0 Å². The summed E-state index contributed by atoms with van der Waals surface area (Å²) in [5, 5.41) is 10.1. The van der Waals surface area contributed by atoms with Crippen molar-refractivity contribution >= 4 is 0 Å². The van der Waals surface area contributed by atoms with Crippen molar-refractivity contribution < 1.29 is 9.50 Å². The van der Waals surface area contributed by atoms with Gasteiger partial charge in [0.15, 0.2) is 0 Å². The van der Waals surface area contributed by atoms with Crippen LogP contribution in [-0.2, 0) is 0 Å². The highest BCUT2D eigenvalue weighted by atomic mass is 19.1. The molecule has 4 aliphatic rings. The molecule has 3 heteroatoms. The molecule has 168 valence electrons. The number of fused-ring (bicyclic) bond motifs is 1. The van der Waals surface area contributed by atoms with Crippen molar-refractivity contribution in [3.05, 3.63) is 35.5 Å². The van der Waals surface area contributed by atoms with E-state index in [1.165, 1.54) is 37.7 Å². The monoisotopic (exact) mass is 415 g/mol. The standard InChI is InChI=1S/C27H42FNO/c1-19(18-29-16-13-23(28)14-17-29)24-11-12-25-22(7-5-15-27(24,25)3)10-9-21-6-4-8-26(30)20(21)2/h9-10,19,23-26,30H,2,4-8,11-18H2,1,3H3/b21-9-,22-10+/t19-,24?,25?,26?,27?/m0/s1. The molecule has 0 radical (unpaired) electrons. The van der Waals surface area contributed by atoms with E-state index < -0.39 is 6.17 Å². The Bertz CT molecular complexity index is 689. The second-order valence-electron chi connectivity index (χ2n) is 10.9. The molecule has 0 bridgehead atoms. The highest BCUT2D eigenvalue weighted by Crippen LogP contribution is 2.59. The van der Waals surface area contributed by atoms with Gasteiger partial charge in [0.05, 0.1) is 6.10 Å². The van der Waals surface area contributed by atoms with E-state index in [4.69, 9.17) is 0 Å². The minimum absolute atomic E-state index is 0.348. The second-order valence-corrected chi connectivity index (χ2v) is 10.9. The maximum absolute atomic E-state index is 13.5. The van der Waals surface area contributed by atoms with E-state index in [2.05, 4.69) is 37.5 Å². The molecule has 0 spiro atoms. The summed E-state index contributed by atoms with van der Waals surface area (Å²) in [5.41, 5.74) is 4.24. The van der Waals surface area contributed by atoms with Crippen molar-refractivity contribution in [2.24, 2.45) is 23.2 Å². The van der Waals surface area contributed by atoms with Crippen molar-refractivity contribution in [3.63, 3.8) is 0 Å². The van der Waals surface area contributed by atoms with Crippen molar-refractivity contribution in [1.29, 1.82) is 0 Å². The molecule has 1 heterocycles. The highest BCUT2D eigenvalue weighted by Gasteiger charge is 2.50. The number of aliphatic hydroxyl groups is 1. The van der Waals surface area contributed by atoms with Gasteiger partial charge in [-0.1, -0.05) is 38.2 Å². The Morgan fingerprint density at radius 2 is 1.90 bits per heavy atom. The van der Waals surface area contributed by atoms with Crippen LogP contribution in [0, 0.1) is 23.2 Å². The maximum atomic E-state index is 13.5. The number of nitrogens with zero attached hydrogens (tertiary/aromatic N) is 1. The lowest BCUT2D eigenvalue weighted by atomic mass is 9.61. The maximum Gasteiger partial charge on any atom is 0.103 e. The molecule has 3 saturated carbocycles. The van der Waals surface area contributed by atoms with Crippen LogP contribution < -0.4 is 0 Å². The molecule has 1 N–H and O–H groups in total. The number of alkyl halides is 1. The topological polar surface area (TPSA) is 23.5 Å². The average molecular weight is 416 g/mol. The molecular formula is C27H42FNO. The third kappa shape index (κ3) is 4.48. The van der Waals surface area contributed by atoms with Crippen LogP contribution >= 0.6 is 0 Å². The first-order valence-corrected chi connectivity index (χ1v) is 12.5. The Morgan fingerprint density at radius 1 is 1.13 bits per heavy atom. The third-order valence-corrected chi connectivity index (χ3v) is 9.03. The van der Waals surface area contributed by atoms with Gasteiger partial charge in [-0.3, -0.25) is 0 Å². The molecule has 1 aliphatic heterocycles. The van der Waals surface area contributed by atoms with Crippen molar-refractivity contribution in [3.8, 4) is 0 Å². The quantitative estimate of drug-likeness (QED) is 0.588. The number of hydrogen-bond acceptors (Lipinski definition) is 2. The van der Waals surface area contributed by atoms with Crippen LogP contribution in [-0.4, -0.2) is 41.9 Å². The van der Waals surface area contributed by atoms with Gasteiger partial charge in [-0.2, -0.15) is 0 Å². The van der Waals surface area contributed by atoms with Crippen LogP contribution in [0.3, 0.4) is 0 Å². The Balaban J connectivity index is 1.44. The lowest BCUT2D eigenvalue weighted by molar-refractivity contribution is 0.0647. The first kappa shape index (κ1) is 22.3. The Kier molecular flexibility index (Phi) is 6.89. The van der Waals surface area contributed by atoms with E-state index >= 15 is 0 Å². The van der Waals surface area contributed by atoms with E-state index in [9.17, 15) is 9.50 Å². The van der Waals surface area contributed by atoms with E-state index in [-0.39, 0.29) is 6.10 Å². The summed E-state index contributed by atoms with van der Waals surface area (Å²) in [5.74, 6) is 2.16. The summed E-state index contributed by atoms with van der Waals surface area (Å²) in [4.78, 5) is 2.52. The number of likely N-dealkylation sites (tertiary alicyclic amines) is 1. The zero-order valence-corrected chi connectivity index (χ0v) is 19.2. The van der Waals surface area contributed by atoms with Gasteiger partial charge in [0, 0.05) is 19.6 Å². The van der Waals surface area contributed by atoms with Crippen molar-refractivity contribution in [2.75, 3.05) is 19.6 Å². The van der Waals surface area contributed by atoms with Gasteiger partial charge in [-0.15, -0.1) is 0 Å². The van der Waals surface area contributed by atoms with Crippen molar-refractivity contribution in [2.45, 2.75) is 90.3 Å². The minimum Gasteiger partial charge on any atom is -0.388 e. The van der Waals surface area contributed by atoms with Gasteiger partial charge >= 0.3 is 0 Å². The number of rotatable bonds is 4. The Morgan fingerprint density at radius 3 is 2.67 bits per heavy atom. The summed E-state index contributed by atoms with van der Waals surface area (Å²) in [6.07, 6.45) is 14.7. The van der Waals surface area contributed by atoms with Crippen LogP contribution in [0.15, 0.2) is 35.5 Å². The molecular weight excluding hydrogens is 373 g/mol. The number of halogens is 1. The second kappa shape index (κ2) is 9.28. The number of piperidine rings is 1. The number of hydrogen-bond donors (Lipinski definition) is 1. The minimum atomic E-state index is -0.577. The third-order valence-electron chi connectivity index (χ3n) is 9.03. The Hall–Kier alpha value is -0.930. The lowest BCUT2D eigenvalue weighted by Gasteiger charge is -2.45. The predicted octanol–water partition coefficient (Wildman–Crippen LogP) is 6.23. The molecule has 0 aromatic carbocycles. The molecule has 4 fully saturated rings.